The zero-order valence-electron chi connectivity index (χ0n) is 11.5. The Morgan fingerprint density at radius 3 is 2.80 bits per heavy atom. The first-order valence-electron chi connectivity index (χ1n) is 5.96. The largest absolute Gasteiger partial charge is 0.495 e. The van der Waals surface area contributed by atoms with Crippen LogP contribution in [0.5, 0.6) is 5.75 Å². The number of nitriles is 1. The third-order valence-corrected chi connectivity index (χ3v) is 2.84. The van der Waals surface area contributed by atoms with Gasteiger partial charge in [0.2, 0.25) is 0 Å². The number of nitrogens with one attached hydrogen (secondary N) is 1. The van der Waals surface area contributed by atoms with E-state index in [1.54, 1.807) is 38.2 Å². The summed E-state index contributed by atoms with van der Waals surface area (Å²) in [5.74, 6) is 0.102. The van der Waals surface area contributed by atoms with Gasteiger partial charge in [-0.3, -0.25) is 9.48 Å². The van der Waals surface area contributed by atoms with Crippen LogP contribution in [0.3, 0.4) is 0 Å². The molecule has 6 heteroatoms. The minimum absolute atomic E-state index is 0.339. The molecule has 0 radical (unpaired) electrons. The summed E-state index contributed by atoms with van der Waals surface area (Å²) in [7, 11) is 3.18. The molecule has 0 unspecified atom stereocenters. The summed E-state index contributed by atoms with van der Waals surface area (Å²) in [6.07, 6.45) is 0. The Labute approximate surface area is 116 Å². The molecular weight excluding hydrogens is 256 g/mol. The van der Waals surface area contributed by atoms with Gasteiger partial charge >= 0.3 is 0 Å². The lowest BCUT2D eigenvalue weighted by Gasteiger charge is -2.11. The molecule has 1 heterocycles. The van der Waals surface area contributed by atoms with Gasteiger partial charge in [0.25, 0.3) is 5.91 Å². The average molecular weight is 270 g/mol. The molecule has 0 aliphatic heterocycles. The molecule has 0 saturated heterocycles. The zero-order valence-corrected chi connectivity index (χ0v) is 11.5. The maximum atomic E-state index is 12.2. The van der Waals surface area contributed by atoms with Gasteiger partial charge in [0.15, 0.2) is 0 Å². The van der Waals surface area contributed by atoms with Gasteiger partial charge in [0.05, 0.1) is 18.4 Å². The van der Waals surface area contributed by atoms with Gasteiger partial charge < -0.3 is 10.1 Å². The Morgan fingerprint density at radius 2 is 2.25 bits per heavy atom. The number of amides is 1. The van der Waals surface area contributed by atoms with Gasteiger partial charge in [0, 0.05) is 7.05 Å². The van der Waals surface area contributed by atoms with Crippen LogP contribution in [0.2, 0.25) is 0 Å². The van der Waals surface area contributed by atoms with Crippen molar-refractivity contribution in [3.05, 3.63) is 41.2 Å². The molecule has 1 aromatic heterocycles. The summed E-state index contributed by atoms with van der Waals surface area (Å²) < 4.78 is 6.66. The summed E-state index contributed by atoms with van der Waals surface area (Å²) in [5.41, 5.74) is 1.87. The van der Waals surface area contributed by atoms with Gasteiger partial charge in [-0.2, -0.15) is 10.4 Å². The van der Waals surface area contributed by atoms with E-state index in [2.05, 4.69) is 10.4 Å². The highest BCUT2D eigenvalue weighted by molar-refractivity contribution is 6.04. The fourth-order valence-electron chi connectivity index (χ4n) is 1.92. The highest BCUT2D eigenvalue weighted by Crippen LogP contribution is 2.28. The highest BCUT2D eigenvalue weighted by atomic mass is 16.5. The molecular formula is C14H14N4O2. The van der Waals surface area contributed by atoms with E-state index in [9.17, 15) is 4.79 Å². The van der Waals surface area contributed by atoms with E-state index in [0.29, 0.717) is 22.7 Å². The van der Waals surface area contributed by atoms with Crippen molar-refractivity contribution in [2.75, 3.05) is 12.4 Å². The Balaban J connectivity index is 2.37. The van der Waals surface area contributed by atoms with Crippen LogP contribution >= 0.6 is 0 Å². The summed E-state index contributed by atoms with van der Waals surface area (Å²) in [5, 5.41) is 15.9. The van der Waals surface area contributed by atoms with Crippen LogP contribution in [0.15, 0.2) is 24.3 Å². The van der Waals surface area contributed by atoms with Crippen molar-refractivity contribution in [2.24, 2.45) is 7.05 Å². The monoisotopic (exact) mass is 270 g/mol. The topological polar surface area (TPSA) is 79.9 Å². The van der Waals surface area contributed by atoms with Crippen LogP contribution in [0.25, 0.3) is 0 Å². The number of ether oxygens (including phenoxy) is 1. The van der Waals surface area contributed by atoms with E-state index in [4.69, 9.17) is 10.00 Å². The number of rotatable bonds is 3. The molecule has 6 nitrogen and oxygen atoms in total. The van der Waals surface area contributed by atoms with Crippen LogP contribution in [0, 0.1) is 18.3 Å². The maximum absolute atomic E-state index is 12.2. The van der Waals surface area contributed by atoms with Gasteiger partial charge in [-0.15, -0.1) is 0 Å². The molecule has 0 atom stereocenters. The third-order valence-electron chi connectivity index (χ3n) is 2.84. The standard InChI is InChI=1S/C14H14N4O2/c1-9-7-11(18(2)17-9)14(19)16-13-10(8-15)5-4-6-12(13)20-3/h4-7H,1-3H3,(H,16,19). The minimum atomic E-state index is -0.339. The summed E-state index contributed by atoms with van der Waals surface area (Å²) >= 11 is 0. The van der Waals surface area contributed by atoms with Crippen molar-refractivity contribution in [1.82, 2.24) is 9.78 Å². The van der Waals surface area contributed by atoms with E-state index >= 15 is 0 Å². The Bertz CT molecular complexity index is 698. The van der Waals surface area contributed by atoms with Gasteiger partial charge in [-0.25, -0.2) is 0 Å². The molecule has 0 bridgehead atoms. The molecule has 0 fully saturated rings. The average Bonchev–Trinajstić information content (AvgIpc) is 2.78. The lowest BCUT2D eigenvalue weighted by atomic mass is 10.1. The number of nitrogens with zero attached hydrogens (tertiary/aromatic N) is 3. The summed E-state index contributed by atoms with van der Waals surface area (Å²) in [6, 6.07) is 8.71. The van der Waals surface area contributed by atoms with Crippen LogP contribution < -0.4 is 10.1 Å². The molecule has 1 aromatic carbocycles. The van der Waals surface area contributed by atoms with Crippen molar-refractivity contribution in [2.45, 2.75) is 6.92 Å². The Morgan fingerprint density at radius 1 is 1.50 bits per heavy atom. The number of hydrogen-bond acceptors (Lipinski definition) is 4. The molecule has 0 saturated carbocycles. The zero-order chi connectivity index (χ0) is 14.7. The minimum Gasteiger partial charge on any atom is -0.495 e. The second-order valence-corrected chi connectivity index (χ2v) is 4.24. The molecule has 2 aromatic rings. The molecule has 1 amide bonds. The number of aryl methyl sites for hydroxylation is 2. The number of aromatic nitrogens is 2. The molecule has 1 N–H and O–H groups in total. The summed E-state index contributed by atoms with van der Waals surface area (Å²) in [4.78, 5) is 12.2. The first-order chi connectivity index (χ1) is 9.56. The fraction of sp³-hybridized carbons (Fsp3) is 0.214. The first-order valence-corrected chi connectivity index (χ1v) is 5.96. The van der Waals surface area contributed by atoms with Gasteiger partial charge in [0.1, 0.15) is 23.2 Å². The molecule has 2 rings (SSSR count). The number of methoxy groups -OCH3 is 1. The van der Waals surface area contributed by atoms with Crippen LogP contribution in [-0.2, 0) is 7.05 Å². The second-order valence-electron chi connectivity index (χ2n) is 4.24. The number of carbonyl (C=O) groups excluding carboxylic acids is 1. The van der Waals surface area contributed by atoms with Crippen molar-refractivity contribution in [3.63, 3.8) is 0 Å². The first kappa shape index (κ1) is 13.6. The molecule has 102 valence electrons. The number of carbonyl (C=O) groups is 1. The van der Waals surface area contributed by atoms with E-state index in [-0.39, 0.29) is 5.91 Å². The van der Waals surface area contributed by atoms with E-state index in [1.807, 2.05) is 6.07 Å². The van der Waals surface area contributed by atoms with Gasteiger partial charge in [-0.05, 0) is 25.1 Å². The molecule has 20 heavy (non-hydrogen) atoms. The SMILES string of the molecule is COc1cccc(C#N)c1NC(=O)c1cc(C)nn1C. The maximum Gasteiger partial charge on any atom is 0.274 e. The normalized spacial score (nSPS) is 9.90. The smallest absolute Gasteiger partial charge is 0.274 e. The Kier molecular flexibility index (Phi) is 3.71. The van der Waals surface area contributed by atoms with E-state index in [1.165, 1.54) is 11.8 Å². The summed E-state index contributed by atoms with van der Waals surface area (Å²) in [6.45, 7) is 1.81. The molecule has 0 spiro atoms. The Hall–Kier alpha value is -2.81. The second kappa shape index (κ2) is 5.45. The fourth-order valence-corrected chi connectivity index (χ4v) is 1.92. The highest BCUT2D eigenvalue weighted by Gasteiger charge is 2.16. The van der Waals surface area contributed by atoms with Crippen molar-refractivity contribution < 1.29 is 9.53 Å². The van der Waals surface area contributed by atoms with Crippen LogP contribution in [0.1, 0.15) is 21.7 Å². The van der Waals surface area contributed by atoms with Gasteiger partial charge in [-0.1, -0.05) is 6.07 Å². The molecule has 0 aliphatic carbocycles. The van der Waals surface area contributed by atoms with E-state index < -0.39 is 0 Å². The lowest BCUT2D eigenvalue weighted by Crippen LogP contribution is -2.17. The van der Waals surface area contributed by atoms with Crippen molar-refractivity contribution >= 4 is 11.6 Å². The van der Waals surface area contributed by atoms with Crippen LogP contribution in [0.4, 0.5) is 5.69 Å². The van der Waals surface area contributed by atoms with Crippen molar-refractivity contribution in [3.8, 4) is 11.8 Å². The number of para-hydroxylation sites is 1. The molecule has 0 aliphatic rings. The van der Waals surface area contributed by atoms with Crippen molar-refractivity contribution in [1.29, 1.82) is 5.26 Å². The van der Waals surface area contributed by atoms with Crippen LogP contribution in [-0.4, -0.2) is 22.8 Å². The number of hydrogen-bond donors (Lipinski definition) is 1. The number of benzene rings is 1. The third kappa shape index (κ3) is 2.47. The quantitative estimate of drug-likeness (QED) is 0.923. The number of anilines is 1. The van der Waals surface area contributed by atoms with E-state index in [0.717, 1.165) is 5.69 Å². The lowest BCUT2D eigenvalue weighted by molar-refractivity contribution is 0.101. The predicted molar refractivity (Wildman–Crippen MR) is 73.6 cm³/mol. The predicted octanol–water partition coefficient (Wildman–Crippen LogP) is 1.86.